The van der Waals surface area contributed by atoms with Gasteiger partial charge >= 0.3 is 5.97 Å². The third-order valence-electron chi connectivity index (χ3n) is 2.18. The molecule has 0 aliphatic carbocycles. The number of aliphatic carboxylic acids is 1. The van der Waals surface area contributed by atoms with Crippen LogP contribution >= 0.6 is 15.9 Å². The number of rotatable bonds is 5. The van der Waals surface area contributed by atoms with Gasteiger partial charge in [-0.3, -0.25) is 0 Å². The highest BCUT2D eigenvalue weighted by molar-refractivity contribution is 9.10. The van der Waals surface area contributed by atoms with Crippen molar-refractivity contribution in [3.8, 4) is 5.75 Å². The molecule has 0 aliphatic rings. The highest BCUT2D eigenvalue weighted by Gasteiger charge is 2.11. The number of carboxylic acid groups (broad SMARTS) is 1. The number of carboxylic acids is 1. The average molecular weight is 321 g/mol. The minimum Gasteiger partial charge on any atom is -0.485 e. The Morgan fingerprint density at radius 3 is 2.67 bits per heavy atom. The molecule has 0 saturated carbocycles. The summed E-state index contributed by atoms with van der Waals surface area (Å²) in [4.78, 5) is 10.7. The van der Waals surface area contributed by atoms with Crippen molar-refractivity contribution in [2.45, 2.75) is 13.3 Å². The van der Waals surface area contributed by atoms with Gasteiger partial charge in [-0.15, -0.1) is 0 Å². The Morgan fingerprint density at radius 1 is 1.50 bits per heavy atom. The predicted octanol–water partition coefficient (Wildman–Crippen LogP) is 3.53. The van der Waals surface area contributed by atoms with E-state index in [0.717, 1.165) is 6.07 Å². The van der Waals surface area contributed by atoms with Gasteiger partial charge < -0.3 is 9.84 Å². The molecule has 0 unspecified atom stereocenters. The first kappa shape index (κ1) is 14.6. The van der Waals surface area contributed by atoms with Gasteiger partial charge in [0, 0.05) is 11.6 Å². The third-order valence-corrected chi connectivity index (χ3v) is 2.77. The number of hydrogen-bond donors (Lipinski definition) is 1. The summed E-state index contributed by atoms with van der Waals surface area (Å²) < 4.78 is 31.4. The van der Waals surface area contributed by atoms with E-state index in [-0.39, 0.29) is 22.4 Å². The highest BCUT2D eigenvalue weighted by Crippen LogP contribution is 2.29. The quantitative estimate of drug-likeness (QED) is 0.844. The Morgan fingerprint density at radius 2 is 2.17 bits per heavy atom. The van der Waals surface area contributed by atoms with Crippen molar-refractivity contribution in [1.29, 1.82) is 0 Å². The smallest absolute Gasteiger partial charge is 0.331 e. The molecule has 6 heteroatoms. The van der Waals surface area contributed by atoms with Crippen LogP contribution in [0.2, 0.25) is 0 Å². The molecule has 18 heavy (non-hydrogen) atoms. The maximum Gasteiger partial charge on any atom is 0.331 e. The lowest BCUT2D eigenvalue weighted by Crippen LogP contribution is -2.04. The minimum absolute atomic E-state index is 0.101. The van der Waals surface area contributed by atoms with E-state index in [1.807, 2.05) is 0 Å². The van der Waals surface area contributed by atoms with Crippen LogP contribution in [-0.2, 0) is 4.79 Å². The van der Waals surface area contributed by atoms with Crippen molar-refractivity contribution in [2.24, 2.45) is 0 Å². The molecule has 0 fully saturated rings. The normalized spacial score (nSPS) is 11.4. The Bertz CT molecular complexity index is 463. The molecule has 1 aromatic carbocycles. The first-order valence-corrected chi connectivity index (χ1v) is 5.94. The second kappa shape index (κ2) is 6.49. The second-order valence-corrected chi connectivity index (χ2v) is 4.25. The van der Waals surface area contributed by atoms with E-state index in [0.29, 0.717) is 12.5 Å². The van der Waals surface area contributed by atoms with Gasteiger partial charge in [0.05, 0.1) is 4.47 Å². The molecule has 0 aliphatic heterocycles. The maximum atomic E-state index is 13.3. The molecule has 0 heterocycles. The second-order valence-electron chi connectivity index (χ2n) is 3.40. The van der Waals surface area contributed by atoms with Gasteiger partial charge in [-0.1, -0.05) is 6.92 Å². The van der Waals surface area contributed by atoms with E-state index in [1.54, 1.807) is 6.92 Å². The van der Waals surface area contributed by atoms with Crippen LogP contribution in [0.1, 0.15) is 13.3 Å². The molecule has 0 atom stereocenters. The fourth-order valence-corrected chi connectivity index (χ4v) is 1.80. The Labute approximate surface area is 111 Å². The molecule has 0 radical (unpaired) electrons. The molecule has 1 rings (SSSR count). The fourth-order valence-electron chi connectivity index (χ4n) is 1.28. The minimum atomic E-state index is -1.04. The SMILES string of the molecule is CCC(=CCOc1c(F)cc(F)cc1Br)C(=O)O. The van der Waals surface area contributed by atoms with Gasteiger partial charge in [0.1, 0.15) is 12.4 Å². The molecule has 0 bridgehead atoms. The Kier molecular flexibility index (Phi) is 5.27. The van der Waals surface area contributed by atoms with Gasteiger partial charge in [-0.25, -0.2) is 13.6 Å². The summed E-state index contributed by atoms with van der Waals surface area (Å²) in [5, 5.41) is 8.76. The van der Waals surface area contributed by atoms with E-state index >= 15 is 0 Å². The number of hydrogen-bond acceptors (Lipinski definition) is 2. The summed E-state index contributed by atoms with van der Waals surface area (Å²) in [6, 6.07) is 1.77. The molecule has 0 aromatic heterocycles. The molecule has 0 spiro atoms. The summed E-state index contributed by atoms with van der Waals surface area (Å²) in [7, 11) is 0. The molecule has 1 aromatic rings. The standard InChI is InChI=1S/C12H11BrF2O3/c1-2-7(12(16)17)3-4-18-11-9(13)5-8(14)6-10(11)15/h3,5-6H,2,4H2,1H3,(H,16,17). The van der Waals surface area contributed by atoms with Crippen LogP contribution in [0.3, 0.4) is 0 Å². The van der Waals surface area contributed by atoms with Crippen LogP contribution in [-0.4, -0.2) is 17.7 Å². The number of ether oxygens (including phenoxy) is 1. The summed E-state index contributed by atoms with van der Waals surface area (Å²) in [5.74, 6) is -2.75. The largest absolute Gasteiger partial charge is 0.485 e. The van der Waals surface area contributed by atoms with Crippen molar-refractivity contribution in [2.75, 3.05) is 6.61 Å². The zero-order valence-electron chi connectivity index (χ0n) is 9.54. The van der Waals surface area contributed by atoms with Crippen LogP contribution < -0.4 is 4.74 Å². The Hall–Kier alpha value is -1.43. The van der Waals surface area contributed by atoms with Crippen LogP contribution in [0.5, 0.6) is 5.75 Å². The lowest BCUT2D eigenvalue weighted by molar-refractivity contribution is -0.132. The first-order valence-electron chi connectivity index (χ1n) is 5.15. The molecular formula is C12H11BrF2O3. The molecular weight excluding hydrogens is 310 g/mol. The van der Waals surface area contributed by atoms with Crippen molar-refractivity contribution in [3.05, 3.63) is 39.9 Å². The third kappa shape index (κ3) is 3.80. The van der Waals surface area contributed by atoms with Crippen molar-refractivity contribution in [1.82, 2.24) is 0 Å². The van der Waals surface area contributed by atoms with Crippen LogP contribution in [0, 0.1) is 11.6 Å². The summed E-state index contributed by atoms with van der Waals surface area (Å²) >= 11 is 2.97. The lowest BCUT2D eigenvalue weighted by atomic mass is 10.2. The fraction of sp³-hybridized carbons (Fsp3) is 0.250. The molecule has 1 N–H and O–H groups in total. The van der Waals surface area contributed by atoms with E-state index < -0.39 is 17.6 Å². The molecule has 98 valence electrons. The zero-order valence-corrected chi connectivity index (χ0v) is 11.1. The highest BCUT2D eigenvalue weighted by atomic mass is 79.9. The molecule has 0 amide bonds. The monoisotopic (exact) mass is 320 g/mol. The lowest BCUT2D eigenvalue weighted by Gasteiger charge is -2.07. The average Bonchev–Trinajstić information content (AvgIpc) is 2.26. The van der Waals surface area contributed by atoms with Gasteiger partial charge in [-0.05, 0) is 34.5 Å². The van der Waals surface area contributed by atoms with Crippen LogP contribution in [0.4, 0.5) is 8.78 Å². The van der Waals surface area contributed by atoms with Crippen molar-refractivity contribution < 1.29 is 23.4 Å². The van der Waals surface area contributed by atoms with E-state index in [4.69, 9.17) is 9.84 Å². The van der Waals surface area contributed by atoms with Crippen molar-refractivity contribution in [3.63, 3.8) is 0 Å². The van der Waals surface area contributed by atoms with Gasteiger partial charge in [0.25, 0.3) is 0 Å². The summed E-state index contributed by atoms with van der Waals surface area (Å²) in [6.45, 7) is 1.59. The van der Waals surface area contributed by atoms with Crippen LogP contribution in [0.25, 0.3) is 0 Å². The topological polar surface area (TPSA) is 46.5 Å². The summed E-state index contributed by atoms with van der Waals surface area (Å²) in [5.41, 5.74) is 0.175. The predicted molar refractivity (Wildman–Crippen MR) is 65.6 cm³/mol. The number of carbonyl (C=O) groups is 1. The first-order chi connectivity index (χ1) is 8.45. The number of benzene rings is 1. The zero-order chi connectivity index (χ0) is 13.7. The Balaban J connectivity index is 2.78. The number of halogens is 3. The van der Waals surface area contributed by atoms with Crippen molar-refractivity contribution >= 4 is 21.9 Å². The van der Waals surface area contributed by atoms with Crippen LogP contribution in [0.15, 0.2) is 28.3 Å². The maximum absolute atomic E-state index is 13.3. The van der Waals surface area contributed by atoms with E-state index in [2.05, 4.69) is 15.9 Å². The summed E-state index contributed by atoms with van der Waals surface area (Å²) in [6.07, 6.45) is 1.68. The van der Waals surface area contributed by atoms with Gasteiger partial charge in [0.15, 0.2) is 11.6 Å². The van der Waals surface area contributed by atoms with Gasteiger partial charge in [0.2, 0.25) is 0 Å². The molecule has 0 saturated heterocycles. The van der Waals surface area contributed by atoms with E-state index in [9.17, 15) is 13.6 Å². The van der Waals surface area contributed by atoms with E-state index in [1.165, 1.54) is 6.08 Å². The van der Waals surface area contributed by atoms with Gasteiger partial charge in [-0.2, -0.15) is 0 Å². The molecule has 3 nitrogen and oxygen atoms in total.